The minimum Gasteiger partial charge on any atom is -0.492 e. The van der Waals surface area contributed by atoms with Crippen molar-refractivity contribution in [2.45, 2.75) is 25.1 Å². The number of hydrogen-bond donors (Lipinski definition) is 1. The summed E-state index contributed by atoms with van der Waals surface area (Å²) in [7, 11) is 0. The monoisotopic (exact) mass is 478 g/mol. The zero-order chi connectivity index (χ0) is 23.3. The third kappa shape index (κ3) is 6.73. The Morgan fingerprint density at radius 1 is 1.25 bits per heavy atom. The summed E-state index contributed by atoms with van der Waals surface area (Å²) >= 11 is 5.89. The number of halogens is 4. The Kier molecular flexibility index (Phi) is 8.24. The van der Waals surface area contributed by atoms with Crippen molar-refractivity contribution in [3.8, 4) is 5.75 Å². The number of alkyl halides is 3. The van der Waals surface area contributed by atoms with Crippen LogP contribution >= 0.6 is 11.6 Å². The maximum atomic E-state index is 11.9. The summed E-state index contributed by atoms with van der Waals surface area (Å²) in [5.41, 5.74) is 0. The van der Waals surface area contributed by atoms with Gasteiger partial charge >= 0.3 is 12.1 Å². The number of benzene rings is 1. The molecule has 32 heavy (non-hydrogen) atoms. The average Bonchev–Trinajstić information content (AvgIpc) is 3.41. The fourth-order valence-electron chi connectivity index (χ4n) is 4.25. The van der Waals surface area contributed by atoms with Crippen molar-refractivity contribution in [3.05, 3.63) is 29.3 Å². The van der Waals surface area contributed by atoms with Gasteiger partial charge in [-0.05, 0) is 30.7 Å². The summed E-state index contributed by atoms with van der Waals surface area (Å²) in [6.45, 7) is 6.17. The predicted octanol–water partition coefficient (Wildman–Crippen LogP) is 2.92. The second-order valence-corrected chi connectivity index (χ2v) is 8.54. The largest absolute Gasteiger partial charge is 0.492 e. The lowest BCUT2D eigenvalue weighted by molar-refractivity contribution is -0.192. The Bertz CT molecular complexity index is 793. The van der Waals surface area contributed by atoms with E-state index in [9.17, 15) is 18.0 Å². The SMILES string of the molecule is O=C(O)C(F)(F)F.O=C1CCCN1C[C@@H]1CO[C@@H]2CN(CCOc3ccc(Cl)cc3)C[C@H]12. The zero-order valence-corrected chi connectivity index (χ0v) is 18.1. The molecule has 1 aromatic rings. The number of ether oxygens (including phenoxy) is 2. The summed E-state index contributed by atoms with van der Waals surface area (Å²) in [5, 5.41) is 7.85. The minimum absolute atomic E-state index is 0.315. The molecular weight excluding hydrogens is 453 g/mol. The molecule has 0 aromatic heterocycles. The lowest BCUT2D eigenvalue weighted by Crippen LogP contribution is -2.35. The van der Waals surface area contributed by atoms with Gasteiger partial charge in [0.1, 0.15) is 12.4 Å². The van der Waals surface area contributed by atoms with Crippen LogP contribution in [-0.4, -0.2) is 85.0 Å². The van der Waals surface area contributed by atoms with Gasteiger partial charge in [-0.1, -0.05) is 11.6 Å². The van der Waals surface area contributed by atoms with Gasteiger partial charge in [-0.25, -0.2) is 4.79 Å². The molecule has 1 aromatic carbocycles. The minimum atomic E-state index is -5.08. The molecule has 3 fully saturated rings. The van der Waals surface area contributed by atoms with Crippen LogP contribution in [0, 0.1) is 11.8 Å². The van der Waals surface area contributed by atoms with Crippen molar-refractivity contribution in [1.82, 2.24) is 9.80 Å². The van der Waals surface area contributed by atoms with E-state index in [-0.39, 0.29) is 0 Å². The third-order valence-corrected chi connectivity index (χ3v) is 6.13. The van der Waals surface area contributed by atoms with Gasteiger partial charge in [0.15, 0.2) is 0 Å². The highest BCUT2D eigenvalue weighted by atomic mass is 35.5. The fraction of sp³-hybridized carbons (Fsp3) is 0.619. The highest BCUT2D eigenvalue weighted by Gasteiger charge is 2.44. The number of carboxylic acids is 1. The molecule has 3 heterocycles. The van der Waals surface area contributed by atoms with Crippen LogP contribution in [0.15, 0.2) is 24.3 Å². The molecule has 0 radical (unpaired) electrons. The van der Waals surface area contributed by atoms with Gasteiger partial charge in [-0.15, -0.1) is 0 Å². The second kappa shape index (κ2) is 10.7. The molecule has 0 bridgehead atoms. The van der Waals surface area contributed by atoms with Gasteiger partial charge in [0, 0.05) is 56.0 Å². The number of amides is 1. The second-order valence-electron chi connectivity index (χ2n) is 8.10. The van der Waals surface area contributed by atoms with E-state index in [0.29, 0.717) is 30.5 Å². The van der Waals surface area contributed by atoms with Crippen molar-refractivity contribution < 1.29 is 37.3 Å². The van der Waals surface area contributed by atoms with Crippen LogP contribution in [0.4, 0.5) is 13.2 Å². The van der Waals surface area contributed by atoms with Crippen molar-refractivity contribution in [3.63, 3.8) is 0 Å². The number of likely N-dealkylation sites (tertiary alicyclic amines) is 2. The Morgan fingerprint density at radius 3 is 2.53 bits per heavy atom. The zero-order valence-electron chi connectivity index (χ0n) is 17.4. The molecule has 0 unspecified atom stereocenters. The topological polar surface area (TPSA) is 79.3 Å². The number of rotatable bonds is 6. The van der Waals surface area contributed by atoms with E-state index >= 15 is 0 Å². The van der Waals surface area contributed by atoms with E-state index in [0.717, 1.165) is 62.9 Å². The molecule has 3 saturated heterocycles. The Balaban J connectivity index is 0.000000360. The summed E-state index contributed by atoms with van der Waals surface area (Å²) in [6.07, 6.45) is -3.04. The Hall–Kier alpha value is -2.04. The molecule has 7 nitrogen and oxygen atoms in total. The number of aliphatic carboxylic acids is 1. The van der Waals surface area contributed by atoms with Gasteiger partial charge < -0.3 is 19.5 Å². The Labute approximate surface area is 189 Å². The van der Waals surface area contributed by atoms with Gasteiger partial charge in [0.2, 0.25) is 5.91 Å². The maximum Gasteiger partial charge on any atom is 0.490 e. The fourth-order valence-corrected chi connectivity index (χ4v) is 4.38. The van der Waals surface area contributed by atoms with Crippen LogP contribution < -0.4 is 4.74 Å². The van der Waals surface area contributed by atoms with E-state index in [1.165, 1.54) is 0 Å². The van der Waals surface area contributed by atoms with Gasteiger partial charge in [0.25, 0.3) is 0 Å². The molecule has 0 aliphatic carbocycles. The van der Waals surface area contributed by atoms with E-state index in [2.05, 4.69) is 4.90 Å². The van der Waals surface area contributed by atoms with Crippen molar-refractivity contribution in [1.29, 1.82) is 0 Å². The van der Waals surface area contributed by atoms with E-state index in [1.54, 1.807) is 0 Å². The first-order chi connectivity index (χ1) is 15.1. The molecule has 3 aliphatic rings. The van der Waals surface area contributed by atoms with Gasteiger partial charge in [0.05, 0.1) is 12.7 Å². The third-order valence-electron chi connectivity index (χ3n) is 5.87. The number of nitrogens with zero attached hydrogens (tertiary/aromatic N) is 2. The molecular formula is C21H26ClF3N2O5. The molecule has 4 rings (SSSR count). The molecule has 3 aliphatic heterocycles. The summed E-state index contributed by atoms with van der Waals surface area (Å²) < 4.78 is 43.5. The molecule has 0 spiro atoms. The number of fused-ring (bicyclic) bond motifs is 1. The van der Waals surface area contributed by atoms with Gasteiger partial charge in [-0.2, -0.15) is 13.2 Å². The molecule has 178 valence electrons. The molecule has 1 N–H and O–H groups in total. The van der Waals surface area contributed by atoms with Crippen molar-refractivity contribution >= 4 is 23.5 Å². The first-order valence-electron chi connectivity index (χ1n) is 10.4. The average molecular weight is 479 g/mol. The highest BCUT2D eigenvalue weighted by Crippen LogP contribution is 2.34. The first-order valence-corrected chi connectivity index (χ1v) is 10.8. The normalized spacial score (nSPS) is 25.4. The Morgan fingerprint density at radius 2 is 1.94 bits per heavy atom. The van der Waals surface area contributed by atoms with E-state index in [4.69, 9.17) is 31.0 Å². The van der Waals surface area contributed by atoms with E-state index in [1.807, 2.05) is 29.2 Å². The van der Waals surface area contributed by atoms with Crippen LogP contribution in [0.2, 0.25) is 5.02 Å². The maximum absolute atomic E-state index is 11.9. The van der Waals surface area contributed by atoms with E-state index < -0.39 is 12.1 Å². The van der Waals surface area contributed by atoms with Crippen LogP contribution in [-0.2, 0) is 14.3 Å². The van der Waals surface area contributed by atoms with Crippen LogP contribution in [0.1, 0.15) is 12.8 Å². The number of carboxylic acid groups (broad SMARTS) is 1. The summed E-state index contributed by atoms with van der Waals surface area (Å²) in [6, 6.07) is 7.48. The lowest BCUT2D eigenvalue weighted by Gasteiger charge is -2.24. The van der Waals surface area contributed by atoms with Crippen molar-refractivity contribution in [2.24, 2.45) is 11.8 Å². The lowest BCUT2D eigenvalue weighted by atomic mass is 9.93. The van der Waals surface area contributed by atoms with Crippen LogP contribution in [0.3, 0.4) is 0 Å². The summed E-state index contributed by atoms with van der Waals surface area (Å²) in [4.78, 5) is 25.2. The number of carbonyl (C=O) groups is 2. The van der Waals surface area contributed by atoms with Crippen LogP contribution in [0.25, 0.3) is 0 Å². The van der Waals surface area contributed by atoms with Crippen molar-refractivity contribution in [2.75, 3.05) is 45.9 Å². The predicted molar refractivity (Wildman–Crippen MR) is 110 cm³/mol. The molecule has 11 heteroatoms. The molecule has 0 saturated carbocycles. The smallest absolute Gasteiger partial charge is 0.490 e. The number of hydrogen-bond acceptors (Lipinski definition) is 5. The standard InChI is InChI=1S/C19H25ClN2O3.C2HF3O2/c20-15-3-5-16(6-4-15)24-9-8-21-11-17-14(13-25-18(17)12-21)10-22-7-1-2-19(22)23;3-2(4,5)1(6)7/h3-6,14,17-18H,1-2,7-13H2;(H,6,7)/t14-,17-,18-;/m1./s1. The first kappa shape index (κ1) is 24.6. The highest BCUT2D eigenvalue weighted by molar-refractivity contribution is 6.30. The molecule has 1 amide bonds. The summed E-state index contributed by atoms with van der Waals surface area (Å²) in [5.74, 6) is -0.564. The molecule has 3 atom stereocenters. The number of carbonyl (C=O) groups excluding carboxylic acids is 1. The van der Waals surface area contributed by atoms with Gasteiger partial charge in [-0.3, -0.25) is 9.69 Å². The van der Waals surface area contributed by atoms with Crippen LogP contribution in [0.5, 0.6) is 5.75 Å². The quantitative estimate of drug-likeness (QED) is 0.677.